The van der Waals surface area contributed by atoms with Crippen LogP contribution in [0, 0.1) is 11.8 Å². The number of hydrogen-bond donors (Lipinski definition) is 2. The summed E-state index contributed by atoms with van der Waals surface area (Å²) < 4.78 is 0. The summed E-state index contributed by atoms with van der Waals surface area (Å²) in [4.78, 5) is 22.6. The molecule has 0 aliphatic heterocycles. The SMILES string of the molecule is CC1CCC(CCNC(=O)c2ccc(=O)[nH]n2)CC1. The van der Waals surface area contributed by atoms with Crippen LogP contribution in [0.15, 0.2) is 16.9 Å². The van der Waals surface area contributed by atoms with Crippen LogP contribution < -0.4 is 10.9 Å². The molecular formula is C14H21N3O2. The minimum Gasteiger partial charge on any atom is -0.351 e. The molecule has 1 saturated carbocycles. The average Bonchev–Trinajstić information content (AvgIpc) is 2.41. The highest BCUT2D eigenvalue weighted by Crippen LogP contribution is 2.29. The molecule has 2 N–H and O–H groups in total. The van der Waals surface area contributed by atoms with Crippen molar-refractivity contribution >= 4 is 5.91 Å². The second kappa shape index (κ2) is 6.50. The fourth-order valence-corrected chi connectivity index (χ4v) is 2.57. The number of carbonyl (C=O) groups excluding carboxylic acids is 1. The van der Waals surface area contributed by atoms with E-state index < -0.39 is 0 Å². The highest BCUT2D eigenvalue weighted by molar-refractivity contribution is 5.91. The number of nitrogens with one attached hydrogen (secondary N) is 2. The molecule has 0 unspecified atom stereocenters. The number of hydrogen-bond acceptors (Lipinski definition) is 3. The lowest BCUT2D eigenvalue weighted by molar-refractivity contribution is 0.0943. The van der Waals surface area contributed by atoms with E-state index in [1.165, 1.54) is 37.8 Å². The smallest absolute Gasteiger partial charge is 0.271 e. The van der Waals surface area contributed by atoms with Gasteiger partial charge in [0.2, 0.25) is 0 Å². The molecule has 0 bridgehead atoms. The van der Waals surface area contributed by atoms with Gasteiger partial charge in [-0.25, -0.2) is 5.10 Å². The van der Waals surface area contributed by atoms with Crippen molar-refractivity contribution < 1.29 is 4.79 Å². The zero-order chi connectivity index (χ0) is 13.7. The standard InChI is InChI=1S/C14H21N3O2/c1-10-2-4-11(5-3-10)8-9-15-14(19)12-6-7-13(18)17-16-12/h6-7,10-11H,2-5,8-9H2,1H3,(H,15,19)(H,17,18). The number of amides is 1. The molecule has 1 amide bonds. The summed E-state index contributed by atoms with van der Waals surface area (Å²) >= 11 is 0. The molecule has 1 fully saturated rings. The van der Waals surface area contributed by atoms with Crippen LogP contribution in [0.25, 0.3) is 0 Å². The highest BCUT2D eigenvalue weighted by Gasteiger charge is 2.18. The Labute approximate surface area is 112 Å². The van der Waals surface area contributed by atoms with Crippen molar-refractivity contribution in [1.82, 2.24) is 15.5 Å². The van der Waals surface area contributed by atoms with E-state index in [9.17, 15) is 9.59 Å². The van der Waals surface area contributed by atoms with Gasteiger partial charge >= 0.3 is 0 Å². The molecule has 1 aliphatic carbocycles. The van der Waals surface area contributed by atoms with Gasteiger partial charge in [0.1, 0.15) is 5.69 Å². The van der Waals surface area contributed by atoms with Gasteiger partial charge in [0.05, 0.1) is 0 Å². The molecule has 1 heterocycles. The Balaban J connectivity index is 1.72. The quantitative estimate of drug-likeness (QED) is 0.868. The molecule has 1 aromatic rings. The molecule has 0 saturated heterocycles. The van der Waals surface area contributed by atoms with Gasteiger partial charge in [-0.1, -0.05) is 32.6 Å². The Kier molecular flexibility index (Phi) is 4.71. The molecule has 1 aromatic heterocycles. The van der Waals surface area contributed by atoms with Gasteiger partial charge < -0.3 is 5.32 Å². The summed E-state index contributed by atoms with van der Waals surface area (Å²) in [6, 6.07) is 2.75. The second-order valence-corrected chi connectivity index (χ2v) is 5.48. The predicted octanol–water partition coefficient (Wildman–Crippen LogP) is 1.72. The van der Waals surface area contributed by atoms with Crippen LogP contribution in [0.4, 0.5) is 0 Å². The Bertz CT molecular complexity index is 455. The maximum Gasteiger partial charge on any atom is 0.271 e. The zero-order valence-electron chi connectivity index (χ0n) is 11.3. The fourth-order valence-electron chi connectivity index (χ4n) is 2.57. The van der Waals surface area contributed by atoms with Crippen molar-refractivity contribution in [2.45, 2.75) is 39.0 Å². The predicted molar refractivity (Wildman–Crippen MR) is 72.9 cm³/mol. The number of rotatable bonds is 4. The first-order valence-corrected chi connectivity index (χ1v) is 6.99. The van der Waals surface area contributed by atoms with Crippen LogP contribution in [0.1, 0.15) is 49.5 Å². The molecule has 0 aromatic carbocycles. The number of aromatic amines is 1. The summed E-state index contributed by atoms with van der Waals surface area (Å²) in [5, 5.41) is 8.82. The van der Waals surface area contributed by atoms with Gasteiger partial charge in [-0.3, -0.25) is 9.59 Å². The summed E-state index contributed by atoms with van der Waals surface area (Å²) in [5.41, 5.74) is -0.0373. The summed E-state index contributed by atoms with van der Waals surface area (Å²) in [6.07, 6.45) is 6.18. The maximum atomic E-state index is 11.8. The second-order valence-electron chi connectivity index (χ2n) is 5.48. The Hall–Kier alpha value is -1.65. The van der Waals surface area contributed by atoms with E-state index in [0.29, 0.717) is 6.54 Å². The summed E-state index contributed by atoms with van der Waals surface area (Å²) in [7, 11) is 0. The van der Waals surface area contributed by atoms with Crippen LogP contribution in [0.5, 0.6) is 0 Å². The van der Waals surface area contributed by atoms with Gasteiger partial charge in [0.25, 0.3) is 11.5 Å². The van der Waals surface area contributed by atoms with E-state index in [-0.39, 0.29) is 17.2 Å². The van der Waals surface area contributed by atoms with Crippen molar-refractivity contribution in [3.05, 3.63) is 28.2 Å². The highest BCUT2D eigenvalue weighted by atomic mass is 16.2. The van der Waals surface area contributed by atoms with Gasteiger partial charge in [-0.05, 0) is 24.3 Å². The van der Waals surface area contributed by atoms with Gasteiger partial charge in [-0.2, -0.15) is 5.10 Å². The van der Waals surface area contributed by atoms with E-state index in [4.69, 9.17) is 0 Å². The lowest BCUT2D eigenvalue weighted by Crippen LogP contribution is -2.28. The Morgan fingerprint density at radius 1 is 1.37 bits per heavy atom. The van der Waals surface area contributed by atoms with E-state index in [1.54, 1.807) is 0 Å². The van der Waals surface area contributed by atoms with Crippen LogP contribution in [-0.2, 0) is 0 Å². The van der Waals surface area contributed by atoms with Crippen LogP contribution in [-0.4, -0.2) is 22.6 Å². The monoisotopic (exact) mass is 263 g/mol. The van der Waals surface area contributed by atoms with Crippen molar-refractivity contribution in [3.63, 3.8) is 0 Å². The van der Waals surface area contributed by atoms with Crippen LogP contribution >= 0.6 is 0 Å². The van der Waals surface area contributed by atoms with Crippen LogP contribution in [0.2, 0.25) is 0 Å². The molecule has 0 radical (unpaired) electrons. The lowest BCUT2D eigenvalue weighted by atomic mass is 9.81. The third kappa shape index (κ3) is 4.19. The minimum atomic E-state index is -0.298. The molecule has 0 spiro atoms. The zero-order valence-corrected chi connectivity index (χ0v) is 11.3. The number of H-pyrrole nitrogens is 1. The van der Waals surface area contributed by atoms with Crippen LogP contribution in [0.3, 0.4) is 0 Å². The third-order valence-corrected chi connectivity index (χ3v) is 3.89. The third-order valence-electron chi connectivity index (χ3n) is 3.89. The van der Waals surface area contributed by atoms with Crippen molar-refractivity contribution in [2.75, 3.05) is 6.54 Å². The largest absolute Gasteiger partial charge is 0.351 e. The number of nitrogens with zero attached hydrogens (tertiary/aromatic N) is 1. The van der Waals surface area contributed by atoms with E-state index in [1.807, 2.05) is 0 Å². The first-order valence-electron chi connectivity index (χ1n) is 6.99. The van der Waals surface area contributed by atoms with Crippen molar-refractivity contribution in [1.29, 1.82) is 0 Å². The van der Waals surface area contributed by atoms with E-state index >= 15 is 0 Å². The molecule has 0 atom stereocenters. The first kappa shape index (κ1) is 13.8. The van der Waals surface area contributed by atoms with Gasteiger partial charge in [0, 0.05) is 12.6 Å². The fraction of sp³-hybridized carbons (Fsp3) is 0.643. The van der Waals surface area contributed by atoms with Crippen molar-refractivity contribution in [2.24, 2.45) is 11.8 Å². The first-order chi connectivity index (χ1) is 9.15. The normalized spacial score (nSPS) is 23.0. The maximum absolute atomic E-state index is 11.8. The Morgan fingerprint density at radius 2 is 2.11 bits per heavy atom. The molecule has 1 aliphatic rings. The molecule has 2 rings (SSSR count). The minimum absolute atomic E-state index is 0.222. The number of aromatic nitrogens is 2. The molecule has 5 heteroatoms. The topological polar surface area (TPSA) is 74.8 Å². The van der Waals surface area contributed by atoms with E-state index in [2.05, 4.69) is 22.4 Å². The number of carbonyl (C=O) groups is 1. The molecule has 104 valence electrons. The lowest BCUT2D eigenvalue weighted by Gasteiger charge is -2.26. The van der Waals surface area contributed by atoms with Gasteiger partial charge in [0.15, 0.2) is 0 Å². The average molecular weight is 263 g/mol. The Morgan fingerprint density at radius 3 is 2.74 bits per heavy atom. The molecule has 19 heavy (non-hydrogen) atoms. The van der Waals surface area contributed by atoms with Crippen molar-refractivity contribution in [3.8, 4) is 0 Å². The molecule has 5 nitrogen and oxygen atoms in total. The summed E-state index contributed by atoms with van der Waals surface area (Å²) in [6.45, 7) is 2.98. The van der Waals surface area contributed by atoms with E-state index in [0.717, 1.165) is 18.3 Å². The van der Waals surface area contributed by atoms with Gasteiger partial charge in [-0.15, -0.1) is 0 Å². The summed E-state index contributed by atoms with van der Waals surface area (Å²) in [5.74, 6) is 1.37. The molecular weight excluding hydrogens is 242 g/mol.